The molecule has 1 N–H and O–H groups in total. The fraction of sp³-hybridized carbons (Fsp3) is 1.00. The molecule has 0 aliphatic rings. The van der Waals surface area contributed by atoms with E-state index in [1.165, 1.54) is 32.1 Å². The monoisotopic (exact) mass is 261 g/mol. The van der Waals surface area contributed by atoms with E-state index in [1.807, 2.05) is 0 Å². The van der Waals surface area contributed by atoms with Crippen LogP contribution in [0.2, 0.25) is 0 Å². The summed E-state index contributed by atoms with van der Waals surface area (Å²) in [7, 11) is 0. The minimum absolute atomic E-state index is 0. The molecule has 0 bridgehead atoms. The second-order valence-corrected chi connectivity index (χ2v) is 2.52. The van der Waals surface area contributed by atoms with Crippen molar-refractivity contribution in [3.05, 3.63) is 5.73 Å². The molecule has 0 unspecified atom stereocenters. The Bertz CT molecular complexity index is 42.5. The summed E-state index contributed by atoms with van der Waals surface area (Å²) in [6.07, 6.45) is 7.77. The summed E-state index contributed by atoms with van der Waals surface area (Å²) in [4.78, 5) is 0. The van der Waals surface area contributed by atoms with Gasteiger partial charge in [0.1, 0.15) is 0 Å². The Balaban J connectivity index is 0. The minimum Gasteiger partial charge on any atom is -0.677 e. The second kappa shape index (κ2) is 13.6. The van der Waals surface area contributed by atoms with Crippen molar-refractivity contribution in [1.82, 2.24) is 0 Å². The van der Waals surface area contributed by atoms with Crippen LogP contribution in [0.1, 0.15) is 45.4 Å². The Morgan fingerprint density at radius 2 is 1.40 bits per heavy atom. The topological polar surface area (TPSA) is 23.8 Å². The molecule has 2 heteroatoms. The fourth-order valence-electron chi connectivity index (χ4n) is 0.905. The molecule has 10 heavy (non-hydrogen) atoms. The van der Waals surface area contributed by atoms with Crippen LogP contribution in [0.25, 0.3) is 5.73 Å². The molecule has 1 nitrogen and oxygen atoms in total. The Kier molecular flexibility index (Phi) is 19.8. The summed E-state index contributed by atoms with van der Waals surface area (Å²) < 4.78 is 0. The van der Waals surface area contributed by atoms with Gasteiger partial charge in [0.05, 0.1) is 0 Å². The molecule has 0 amide bonds. The first-order valence-corrected chi connectivity index (χ1v) is 4.06. The average molecular weight is 261 g/mol. The first-order valence-electron chi connectivity index (χ1n) is 4.06. The summed E-state index contributed by atoms with van der Waals surface area (Å²) in [5.74, 6) is 0. The molecule has 0 fully saturated rings. The smallest absolute Gasteiger partial charge is 0.677 e. The van der Waals surface area contributed by atoms with Crippen LogP contribution in [0, 0.1) is 0 Å². The van der Waals surface area contributed by atoms with Gasteiger partial charge in [-0.2, -0.15) is 6.54 Å². The molecule has 0 radical (unpaired) electrons. The van der Waals surface area contributed by atoms with E-state index in [0.717, 1.165) is 6.42 Å². The fourth-order valence-corrected chi connectivity index (χ4v) is 0.905. The predicted octanol–water partition coefficient (Wildman–Crippen LogP) is 0.403. The van der Waals surface area contributed by atoms with Gasteiger partial charge in [-0.3, -0.25) is 0 Å². The zero-order valence-electron chi connectivity index (χ0n) is 7.45. The third-order valence-corrected chi connectivity index (χ3v) is 1.53. The van der Waals surface area contributed by atoms with Gasteiger partial charge >= 0.3 is 68.9 Å². The molecule has 0 aliphatic carbocycles. The van der Waals surface area contributed by atoms with Crippen LogP contribution in [-0.4, -0.2) is 6.54 Å². The van der Waals surface area contributed by atoms with Gasteiger partial charge in [0.25, 0.3) is 0 Å². The van der Waals surface area contributed by atoms with Crippen molar-refractivity contribution in [3.63, 3.8) is 0 Å². The summed E-state index contributed by atoms with van der Waals surface area (Å²) >= 11 is 0. The predicted molar refractivity (Wildman–Crippen MR) is 42.6 cm³/mol. The maximum absolute atomic E-state index is 6.88. The summed E-state index contributed by atoms with van der Waals surface area (Å²) in [6.45, 7) is 2.84. The Morgan fingerprint density at radius 3 is 1.90 bits per heavy atom. The van der Waals surface area contributed by atoms with E-state index in [-0.39, 0.29) is 68.9 Å². The zero-order valence-corrected chi connectivity index (χ0v) is 13.7. The molecule has 0 aromatic carbocycles. The van der Waals surface area contributed by atoms with E-state index >= 15 is 0 Å². The van der Waals surface area contributed by atoms with Gasteiger partial charge in [-0.1, -0.05) is 45.4 Å². The summed E-state index contributed by atoms with van der Waals surface area (Å²) in [5.41, 5.74) is 6.88. The van der Waals surface area contributed by atoms with E-state index in [9.17, 15) is 0 Å². The number of hydrogen-bond donors (Lipinski definition) is 0. The molecule has 0 spiro atoms. The molecule has 0 aromatic rings. The molecule has 56 valence electrons. The van der Waals surface area contributed by atoms with Crippen molar-refractivity contribution >= 4 is 0 Å². The summed E-state index contributed by atoms with van der Waals surface area (Å²) in [5, 5.41) is 0. The van der Waals surface area contributed by atoms with Crippen molar-refractivity contribution in [2.75, 3.05) is 6.54 Å². The third kappa shape index (κ3) is 12.7. The SMILES string of the molecule is CCCCCCCC[NH-].[Cs+]. The molecule has 0 saturated heterocycles. The van der Waals surface area contributed by atoms with E-state index in [4.69, 9.17) is 5.73 Å². The van der Waals surface area contributed by atoms with Crippen LogP contribution in [0.5, 0.6) is 0 Å². The number of hydrogen-bond acceptors (Lipinski definition) is 0. The van der Waals surface area contributed by atoms with Crippen LogP contribution in [0.15, 0.2) is 0 Å². The Morgan fingerprint density at radius 1 is 0.900 bits per heavy atom. The molecule has 0 aromatic heterocycles. The Hall–Kier alpha value is 2.01. The zero-order chi connectivity index (χ0) is 6.95. The molecular formula is C8H18CsN. The van der Waals surface area contributed by atoms with E-state index < -0.39 is 0 Å². The Labute approximate surface area is 124 Å². The number of unbranched alkanes of at least 4 members (excludes halogenated alkanes) is 5. The van der Waals surface area contributed by atoms with E-state index in [2.05, 4.69) is 6.92 Å². The molecule has 0 rings (SSSR count). The quantitative estimate of drug-likeness (QED) is 0.618. The second-order valence-electron chi connectivity index (χ2n) is 2.52. The molecule has 0 heterocycles. The van der Waals surface area contributed by atoms with Gasteiger partial charge in [0.2, 0.25) is 0 Å². The molecule has 0 aliphatic heterocycles. The summed E-state index contributed by atoms with van der Waals surface area (Å²) in [6, 6.07) is 0. The average Bonchev–Trinajstić information content (AvgIpc) is 1.89. The molecular weight excluding hydrogens is 243 g/mol. The minimum atomic E-state index is 0. The number of rotatable bonds is 6. The van der Waals surface area contributed by atoms with E-state index in [1.54, 1.807) is 0 Å². The maximum Gasteiger partial charge on any atom is 1.00 e. The molecule has 0 atom stereocenters. The van der Waals surface area contributed by atoms with Crippen LogP contribution < -0.4 is 68.9 Å². The van der Waals surface area contributed by atoms with Crippen LogP contribution in [0.3, 0.4) is 0 Å². The van der Waals surface area contributed by atoms with Gasteiger partial charge in [0, 0.05) is 0 Å². The first kappa shape index (κ1) is 14.5. The largest absolute Gasteiger partial charge is 1.00 e. The van der Waals surface area contributed by atoms with Gasteiger partial charge in [-0.15, -0.1) is 0 Å². The van der Waals surface area contributed by atoms with Gasteiger partial charge < -0.3 is 5.73 Å². The van der Waals surface area contributed by atoms with Gasteiger partial charge in [-0.25, -0.2) is 0 Å². The van der Waals surface area contributed by atoms with Crippen molar-refractivity contribution in [3.8, 4) is 0 Å². The normalized spacial score (nSPS) is 9.00. The third-order valence-electron chi connectivity index (χ3n) is 1.53. The molecule has 0 saturated carbocycles. The van der Waals surface area contributed by atoms with Crippen molar-refractivity contribution in [1.29, 1.82) is 0 Å². The number of nitrogens with one attached hydrogen (secondary N) is 1. The maximum atomic E-state index is 6.88. The van der Waals surface area contributed by atoms with Crippen molar-refractivity contribution in [2.45, 2.75) is 45.4 Å². The van der Waals surface area contributed by atoms with Crippen LogP contribution >= 0.6 is 0 Å². The first-order chi connectivity index (χ1) is 4.41. The van der Waals surface area contributed by atoms with Crippen LogP contribution in [-0.2, 0) is 0 Å². The van der Waals surface area contributed by atoms with E-state index in [0.29, 0.717) is 6.54 Å². The van der Waals surface area contributed by atoms with Gasteiger partial charge in [-0.05, 0) is 0 Å². The van der Waals surface area contributed by atoms with Gasteiger partial charge in [0.15, 0.2) is 0 Å². The van der Waals surface area contributed by atoms with Crippen LogP contribution in [0.4, 0.5) is 0 Å². The standard InChI is InChI=1S/C8H18N.Cs/c1-2-3-4-5-6-7-8-9;/h9H,2-8H2,1H3;/q-1;+1. The van der Waals surface area contributed by atoms with Crippen molar-refractivity contribution < 1.29 is 68.9 Å². The van der Waals surface area contributed by atoms with Crippen molar-refractivity contribution in [2.24, 2.45) is 0 Å².